The largest absolute Gasteiger partial charge is 0.363 e. The quantitative estimate of drug-likeness (QED) is 0.865. The fourth-order valence-corrected chi connectivity index (χ4v) is 2.42. The number of rotatable bonds is 4. The highest BCUT2D eigenvalue weighted by Gasteiger charge is 2.08. The van der Waals surface area contributed by atoms with Crippen molar-refractivity contribution in [3.63, 3.8) is 0 Å². The van der Waals surface area contributed by atoms with E-state index >= 15 is 0 Å². The summed E-state index contributed by atoms with van der Waals surface area (Å²) in [6.07, 6.45) is 2.84. The van der Waals surface area contributed by atoms with Crippen LogP contribution in [0.15, 0.2) is 35.2 Å². The molecular formula is C13H16N2S. The molecule has 0 amide bonds. The molecule has 3 heteroatoms. The molecule has 1 unspecified atom stereocenters. The Hall–Kier alpha value is -1.35. The van der Waals surface area contributed by atoms with Crippen LogP contribution in [0.25, 0.3) is 0 Å². The van der Waals surface area contributed by atoms with Crippen LogP contribution in [0.3, 0.4) is 0 Å². The lowest BCUT2D eigenvalue weighted by atomic mass is 10.1. The lowest BCUT2D eigenvalue weighted by Crippen LogP contribution is -2.08. The lowest BCUT2D eigenvalue weighted by Gasteiger charge is -2.15. The van der Waals surface area contributed by atoms with Crippen molar-refractivity contribution >= 4 is 17.2 Å². The van der Waals surface area contributed by atoms with E-state index in [1.54, 1.807) is 11.3 Å². The van der Waals surface area contributed by atoms with Crippen molar-refractivity contribution in [3.8, 4) is 0 Å². The highest BCUT2D eigenvalue weighted by Crippen LogP contribution is 2.22. The summed E-state index contributed by atoms with van der Waals surface area (Å²) in [6, 6.07) is 6.57. The van der Waals surface area contributed by atoms with Crippen LogP contribution in [0.1, 0.15) is 31.0 Å². The van der Waals surface area contributed by atoms with E-state index in [1.165, 1.54) is 11.1 Å². The van der Waals surface area contributed by atoms with Crippen LogP contribution in [-0.4, -0.2) is 4.98 Å². The van der Waals surface area contributed by atoms with Gasteiger partial charge in [-0.25, -0.2) is 4.98 Å². The van der Waals surface area contributed by atoms with Crippen LogP contribution in [0.2, 0.25) is 0 Å². The standard InChI is InChI=1S/C13H16N2S/c1-3-11-5-4-7-14-13(11)15-10(2)12-6-8-16-9-12/h4-10H,3H2,1-2H3,(H,14,15). The molecule has 0 aliphatic carbocycles. The number of hydrogen-bond acceptors (Lipinski definition) is 3. The molecule has 0 spiro atoms. The van der Waals surface area contributed by atoms with Crippen molar-refractivity contribution in [1.29, 1.82) is 0 Å². The Morgan fingerprint density at radius 1 is 1.44 bits per heavy atom. The zero-order chi connectivity index (χ0) is 11.4. The first-order valence-corrected chi connectivity index (χ1v) is 6.48. The molecular weight excluding hydrogens is 216 g/mol. The molecule has 0 aliphatic heterocycles. The molecule has 2 nitrogen and oxygen atoms in total. The summed E-state index contributed by atoms with van der Waals surface area (Å²) in [7, 11) is 0. The van der Waals surface area contributed by atoms with Gasteiger partial charge in [-0.3, -0.25) is 0 Å². The van der Waals surface area contributed by atoms with Crippen molar-refractivity contribution in [1.82, 2.24) is 4.98 Å². The predicted molar refractivity (Wildman–Crippen MR) is 70.0 cm³/mol. The fourth-order valence-electron chi connectivity index (χ4n) is 1.66. The smallest absolute Gasteiger partial charge is 0.129 e. The van der Waals surface area contributed by atoms with E-state index in [0.717, 1.165) is 12.2 Å². The molecule has 0 aliphatic rings. The Morgan fingerprint density at radius 3 is 3.00 bits per heavy atom. The molecule has 16 heavy (non-hydrogen) atoms. The van der Waals surface area contributed by atoms with Crippen LogP contribution in [-0.2, 0) is 6.42 Å². The minimum atomic E-state index is 0.312. The van der Waals surface area contributed by atoms with Crippen molar-refractivity contribution < 1.29 is 0 Å². The van der Waals surface area contributed by atoms with Gasteiger partial charge in [0.15, 0.2) is 0 Å². The second kappa shape index (κ2) is 5.12. The Labute approximate surface area is 100 Å². The third-order valence-corrected chi connectivity index (χ3v) is 3.37. The third-order valence-electron chi connectivity index (χ3n) is 2.67. The summed E-state index contributed by atoms with van der Waals surface area (Å²) in [6.45, 7) is 4.31. The first-order chi connectivity index (χ1) is 7.81. The number of nitrogens with zero attached hydrogens (tertiary/aromatic N) is 1. The molecule has 1 N–H and O–H groups in total. The average molecular weight is 232 g/mol. The summed E-state index contributed by atoms with van der Waals surface area (Å²) in [5.41, 5.74) is 2.59. The molecule has 2 rings (SSSR count). The zero-order valence-electron chi connectivity index (χ0n) is 9.60. The molecule has 0 fully saturated rings. The van der Waals surface area contributed by atoms with Gasteiger partial charge < -0.3 is 5.32 Å². The number of aryl methyl sites for hydroxylation is 1. The van der Waals surface area contributed by atoms with Gasteiger partial charge in [-0.05, 0) is 47.4 Å². The Bertz CT molecular complexity index is 437. The molecule has 0 radical (unpaired) electrons. The summed E-state index contributed by atoms with van der Waals surface area (Å²) in [5, 5.41) is 7.74. The molecule has 2 aromatic heterocycles. The van der Waals surface area contributed by atoms with E-state index in [2.05, 4.69) is 47.0 Å². The maximum Gasteiger partial charge on any atom is 0.129 e. The second-order valence-electron chi connectivity index (χ2n) is 3.79. The number of anilines is 1. The zero-order valence-corrected chi connectivity index (χ0v) is 10.4. The van der Waals surface area contributed by atoms with E-state index in [1.807, 2.05) is 12.3 Å². The van der Waals surface area contributed by atoms with Gasteiger partial charge in [0.25, 0.3) is 0 Å². The van der Waals surface area contributed by atoms with Crippen molar-refractivity contribution in [2.45, 2.75) is 26.3 Å². The predicted octanol–water partition coefficient (Wildman–Crippen LogP) is 3.88. The second-order valence-corrected chi connectivity index (χ2v) is 4.57. The molecule has 2 heterocycles. The minimum absolute atomic E-state index is 0.312. The first-order valence-electron chi connectivity index (χ1n) is 5.53. The van der Waals surface area contributed by atoms with Gasteiger partial charge in [-0.1, -0.05) is 13.0 Å². The van der Waals surface area contributed by atoms with Gasteiger partial charge in [-0.2, -0.15) is 11.3 Å². The van der Waals surface area contributed by atoms with Gasteiger partial charge in [0, 0.05) is 6.20 Å². The van der Waals surface area contributed by atoms with E-state index in [9.17, 15) is 0 Å². The Morgan fingerprint density at radius 2 is 2.31 bits per heavy atom. The van der Waals surface area contributed by atoms with Gasteiger partial charge in [0.05, 0.1) is 6.04 Å². The molecule has 0 aromatic carbocycles. The van der Waals surface area contributed by atoms with Crippen molar-refractivity contribution in [3.05, 3.63) is 46.3 Å². The van der Waals surface area contributed by atoms with Gasteiger partial charge in [-0.15, -0.1) is 0 Å². The maximum atomic E-state index is 4.39. The summed E-state index contributed by atoms with van der Waals surface area (Å²) >= 11 is 1.73. The molecule has 0 saturated carbocycles. The SMILES string of the molecule is CCc1cccnc1NC(C)c1ccsc1. The van der Waals surface area contributed by atoms with Crippen molar-refractivity contribution in [2.75, 3.05) is 5.32 Å². The highest BCUT2D eigenvalue weighted by molar-refractivity contribution is 7.07. The van der Waals surface area contributed by atoms with Crippen LogP contribution in [0.4, 0.5) is 5.82 Å². The number of hydrogen-bond donors (Lipinski definition) is 1. The molecule has 84 valence electrons. The maximum absolute atomic E-state index is 4.39. The molecule has 1 atom stereocenters. The fraction of sp³-hybridized carbons (Fsp3) is 0.308. The normalized spacial score (nSPS) is 12.4. The summed E-state index contributed by atoms with van der Waals surface area (Å²) in [5.74, 6) is 1.00. The summed E-state index contributed by atoms with van der Waals surface area (Å²) in [4.78, 5) is 4.39. The minimum Gasteiger partial charge on any atom is -0.363 e. The third kappa shape index (κ3) is 2.42. The van der Waals surface area contributed by atoms with Gasteiger partial charge in [0.1, 0.15) is 5.82 Å². The highest BCUT2D eigenvalue weighted by atomic mass is 32.1. The number of pyridine rings is 1. The first kappa shape index (κ1) is 11.1. The monoisotopic (exact) mass is 232 g/mol. The Balaban J connectivity index is 2.14. The number of nitrogens with one attached hydrogen (secondary N) is 1. The van der Waals surface area contributed by atoms with Gasteiger partial charge >= 0.3 is 0 Å². The summed E-state index contributed by atoms with van der Waals surface area (Å²) < 4.78 is 0. The Kier molecular flexibility index (Phi) is 3.57. The number of aromatic nitrogens is 1. The van der Waals surface area contributed by atoms with E-state index in [4.69, 9.17) is 0 Å². The number of thiophene rings is 1. The van der Waals surface area contributed by atoms with Crippen molar-refractivity contribution in [2.24, 2.45) is 0 Å². The average Bonchev–Trinajstić information content (AvgIpc) is 2.83. The molecule has 0 bridgehead atoms. The van der Waals surface area contributed by atoms with E-state index in [0.29, 0.717) is 6.04 Å². The van der Waals surface area contributed by atoms with Gasteiger partial charge in [0.2, 0.25) is 0 Å². The molecule has 0 saturated heterocycles. The van der Waals surface area contributed by atoms with E-state index < -0.39 is 0 Å². The van der Waals surface area contributed by atoms with Crippen LogP contribution in [0, 0.1) is 0 Å². The van der Waals surface area contributed by atoms with Crippen LogP contribution < -0.4 is 5.32 Å². The topological polar surface area (TPSA) is 24.9 Å². The van der Waals surface area contributed by atoms with E-state index in [-0.39, 0.29) is 0 Å². The van der Waals surface area contributed by atoms with Crippen LogP contribution in [0.5, 0.6) is 0 Å². The molecule has 2 aromatic rings. The van der Waals surface area contributed by atoms with Crippen LogP contribution >= 0.6 is 11.3 Å². The lowest BCUT2D eigenvalue weighted by molar-refractivity contribution is 0.872.